The number of nitrogens with zero attached hydrogens (tertiary/aromatic N) is 4. The van der Waals surface area contributed by atoms with Crippen molar-refractivity contribution in [1.29, 1.82) is 0 Å². The molecule has 1 aliphatic rings. The first-order valence-electron chi connectivity index (χ1n) is 11.3. The minimum absolute atomic E-state index is 0.213. The fraction of sp³-hybridized carbons (Fsp3) is 0.360. The lowest BCUT2D eigenvalue weighted by Crippen LogP contribution is -2.45. The summed E-state index contributed by atoms with van der Waals surface area (Å²) in [6, 6.07) is 16.6. The van der Waals surface area contributed by atoms with Gasteiger partial charge in [-0.1, -0.05) is 47.6 Å². The van der Waals surface area contributed by atoms with Gasteiger partial charge >= 0.3 is 0 Å². The molecule has 1 aromatic heterocycles. The molecule has 0 spiro atoms. The molecule has 0 amide bonds. The smallest absolute Gasteiger partial charge is 0.231 e. The molecular weight excluding hydrogens is 419 g/mol. The number of hydrogen-bond acceptors (Lipinski definition) is 5. The molecule has 7 nitrogen and oxygen atoms in total. The van der Waals surface area contributed by atoms with E-state index in [9.17, 15) is 4.39 Å². The van der Waals surface area contributed by atoms with E-state index < -0.39 is 0 Å². The van der Waals surface area contributed by atoms with Crippen LogP contribution >= 0.6 is 0 Å². The van der Waals surface area contributed by atoms with Crippen molar-refractivity contribution in [1.82, 2.24) is 15.0 Å². The molecule has 8 heteroatoms. The SMILES string of the molecule is CN1CCN(CCN=C(N)Nc2cc(CCc3ccc(-c4ccccc4F)cc3)no2)CC1. The average Bonchev–Trinajstić information content (AvgIpc) is 3.27. The number of rotatable bonds is 8. The first-order chi connectivity index (χ1) is 16.1. The lowest BCUT2D eigenvalue weighted by atomic mass is 10.0. The van der Waals surface area contributed by atoms with Gasteiger partial charge in [0.25, 0.3) is 0 Å². The number of likely N-dealkylation sites (N-methyl/N-ethyl adjacent to an activating group) is 1. The highest BCUT2D eigenvalue weighted by Crippen LogP contribution is 2.23. The third kappa shape index (κ3) is 6.63. The Kier molecular flexibility index (Phi) is 7.70. The van der Waals surface area contributed by atoms with E-state index in [1.807, 2.05) is 36.4 Å². The molecule has 2 aromatic carbocycles. The van der Waals surface area contributed by atoms with Gasteiger partial charge in [0.2, 0.25) is 5.88 Å². The summed E-state index contributed by atoms with van der Waals surface area (Å²) in [5, 5.41) is 7.08. The van der Waals surface area contributed by atoms with Gasteiger partial charge in [-0.15, -0.1) is 0 Å². The quantitative estimate of drug-likeness (QED) is 0.405. The van der Waals surface area contributed by atoms with E-state index in [1.165, 1.54) is 6.07 Å². The molecule has 0 saturated carbocycles. The Labute approximate surface area is 194 Å². The average molecular weight is 451 g/mol. The predicted octanol–water partition coefficient (Wildman–Crippen LogP) is 3.24. The summed E-state index contributed by atoms with van der Waals surface area (Å²) in [5.74, 6) is 0.603. The Bertz CT molecular complexity index is 1060. The van der Waals surface area contributed by atoms with Gasteiger partial charge in [0, 0.05) is 44.4 Å². The number of aryl methyl sites for hydroxylation is 2. The van der Waals surface area contributed by atoms with Crippen LogP contribution in [0, 0.1) is 5.82 Å². The van der Waals surface area contributed by atoms with Crippen molar-refractivity contribution in [2.45, 2.75) is 12.8 Å². The van der Waals surface area contributed by atoms with Crippen molar-refractivity contribution < 1.29 is 8.91 Å². The zero-order chi connectivity index (χ0) is 23.0. The third-order valence-electron chi connectivity index (χ3n) is 5.91. The molecule has 3 aromatic rings. The van der Waals surface area contributed by atoms with Crippen LogP contribution in [0.4, 0.5) is 10.3 Å². The summed E-state index contributed by atoms with van der Waals surface area (Å²) >= 11 is 0. The number of anilines is 1. The normalized spacial score (nSPS) is 15.6. The van der Waals surface area contributed by atoms with Crippen LogP contribution in [0.25, 0.3) is 11.1 Å². The molecule has 0 bridgehead atoms. The van der Waals surface area contributed by atoms with Crippen LogP contribution in [0.1, 0.15) is 11.3 Å². The van der Waals surface area contributed by atoms with Crippen LogP contribution < -0.4 is 11.1 Å². The largest absolute Gasteiger partial charge is 0.370 e. The number of piperazine rings is 1. The van der Waals surface area contributed by atoms with E-state index in [2.05, 4.69) is 32.3 Å². The molecule has 0 aliphatic carbocycles. The molecule has 1 aliphatic heterocycles. The zero-order valence-corrected chi connectivity index (χ0v) is 19.0. The zero-order valence-electron chi connectivity index (χ0n) is 19.0. The number of nitrogens with two attached hydrogens (primary N) is 1. The van der Waals surface area contributed by atoms with E-state index >= 15 is 0 Å². The third-order valence-corrected chi connectivity index (χ3v) is 5.91. The summed E-state index contributed by atoms with van der Waals surface area (Å²) in [4.78, 5) is 9.11. The Morgan fingerprint density at radius 3 is 2.61 bits per heavy atom. The summed E-state index contributed by atoms with van der Waals surface area (Å²) < 4.78 is 19.3. The van der Waals surface area contributed by atoms with Crippen LogP contribution in [0.2, 0.25) is 0 Å². The fourth-order valence-electron chi connectivity index (χ4n) is 3.86. The Morgan fingerprint density at radius 2 is 1.85 bits per heavy atom. The van der Waals surface area contributed by atoms with Gasteiger partial charge in [0.1, 0.15) is 5.82 Å². The highest BCUT2D eigenvalue weighted by atomic mass is 19.1. The number of nitrogens with one attached hydrogen (secondary N) is 1. The molecule has 0 unspecified atom stereocenters. The second kappa shape index (κ2) is 11.1. The Hall–Kier alpha value is -3.23. The first-order valence-corrected chi connectivity index (χ1v) is 11.3. The number of aromatic nitrogens is 1. The highest BCUT2D eigenvalue weighted by Gasteiger charge is 2.13. The Balaban J connectivity index is 1.23. The molecule has 1 saturated heterocycles. The maximum atomic E-state index is 14.0. The van der Waals surface area contributed by atoms with Gasteiger partial charge in [-0.2, -0.15) is 0 Å². The fourth-order valence-corrected chi connectivity index (χ4v) is 3.86. The first kappa shape index (κ1) is 22.9. The van der Waals surface area contributed by atoms with Crippen LogP contribution in [0.3, 0.4) is 0 Å². The van der Waals surface area contributed by atoms with E-state index in [4.69, 9.17) is 10.3 Å². The van der Waals surface area contributed by atoms with Gasteiger partial charge < -0.3 is 15.2 Å². The van der Waals surface area contributed by atoms with Crippen molar-refractivity contribution >= 4 is 11.8 Å². The van der Waals surface area contributed by atoms with E-state index in [-0.39, 0.29) is 5.82 Å². The van der Waals surface area contributed by atoms with Crippen LogP contribution in [-0.4, -0.2) is 67.2 Å². The molecule has 174 valence electrons. The standard InChI is InChI=1S/C25H31FN6O/c1-31-14-16-32(17-15-31)13-12-28-25(27)29-24-18-21(30-33-24)11-8-19-6-9-20(10-7-19)22-4-2-3-5-23(22)26/h2-7,9-10,18H,8,11-17H2,1H3,(H3,27,28,29). The molecule has 4 rings (SSSR count). The molecule has 1 fully saturated rings. The van der Waals surface area contributed by atoms with E-state index in [1.54, 1.807) is 12.1 Å². The van der Waals surface area contributed by atoms with Crippen LogP contribution in [-0.2, 0) is 12.8 Å². The van der Waals surface area contributed by atoms with Crippen molar-refractivity contribution in [3.8, 4) is 11.1 Å². The topological polar surface area (TPSA) is 82.9 Å². The maximum absolute atomic E-state index is 14.0. The second-order valence-electron chi connectivity index (χ2n) is 8.40. The van der Waals surface area contributed by atoms with Crippen molar-refractivity contribution in [2.75, 3.05) is 51.6 Å². The van der Waals surface area contributed by atoms with Gasteiger partial charge in [-0.25, -0.2) is 4.39 Å². The van der Waals surface area contributed by atoms with Gasteiger partial charge in [-0.3, -0.25) is 15.2 Å². The highest BCUT2D eigenvalue weighted by molar-refractivity contribution is 5.90. The summed E-state index contributed by atoms with van der Waals surface area (Å²) in [6.45, 7) is 5.86. The monoisotopic (exact) mass is 450 g/mol. The summed E-state index contributed by atoms with van der Waals surface area (Å²) in [5.41, 5.74) is 9.45. The van der Waals surface area contributed by atoms with E-state index in [0.717, 1.165) is 62.4 Å². The molecule has 33 heavy (non-hydrogen) atoms. The maximum Gasteiger partial charge on any atom is 0.231 e. The van der Waals surface area contributed by atoms with Crippen molar-refractivity contribution in [3.63, 3.8) is 0 Å². The molecular formula is C25H31FN6O. The molecule has 2 heterocycles. The minimum Gasteiger partial charge on any atom is -0.370 e. The van der Waals surface area contributed by atoms with Crippen molar-refractivity contribution in [3.05, 3.63) is 71.7 Å². The van der Waals surface area contributed by atoms with Crippen LogP contribution in [0.15, 0.2) is 64.1 Å². The van der Waals surface area contributed by atoms with Crippen LogP contribution in [0.5, 0.6) is 0 Å². The number of aliphatic imine (C=N–C) groups is 1. The molecule has 3 N–H and O–H groups in total. The van der Waals surface area contributed by atoms with Crippen molar-refractivity contribution in [2.24, 2.45) is 10.7 Å². The second-order valence-corrected chi connectivity index (χ2v) is 8.40. The minimum atomic E-state index is -0.213. The van der Waals surface area contributed by atoms with Gasteiger partial charge in [-0.05, 0) is 37.1 Å². The lowest BCUT2D eigenvalue weighted by molar-refractivity contribution is 0.157. The van der Waals surface area contributed by atoms with Gasteiger partial charge in [0.05, 0.1) is 12.2 Å². The summed E-state index contributed by atoms with van der Waals surface area (Å²) in [7, 11) is 2.15. The number of guanidine groups is 1. The summed E-state index contributed by atoms with van der Waals surface area (Å²) in [6.07, 6.45) is 1.53. The lowest BCUT2D eigenvalue weighted by Gasteiger charge is -2.31. The number of halogens is 1. The predicted molar refractivity (Wildman–Crippen MR) is 130 cm³/mol. The Morgan fingerprint density at radius 1 is 1.09 bits per heavy atom. The number of benzene rings is 2. The van der Waals surface area contributed by atoms with E-state index in [0.29, 0.717) is 24.0 Å². The molecule has 0 radical (unpaired) electrons. The van der Waals surface area contributed by atoms with Gasteiger partial charge in [0.15, 0.2) is 5.96 Å². The number of hydrogen-bond donors (Lipinski definition) is 2. The molecule has 0 atom stereocenters.